The van der Waals surface area contributed by atoms with Crippen molar-refractivity contribution in [2.75, 3.05) is 33.3 Å². The van der Waals surface area contributed by atoms with E-state index < -0.39 is 6.10 Å². The predicted molar refractivity (Wildman–Crippen MR) is 84.7 cm³/mol. The minimum absolute atomic E-state index is 0.0900. The summed E-state index contributed by atoms with van der Waals surface area (Å²) in [6.07, 6.45) is 1.32. The maximum Gasteiger partial charge on any atom is 0.213 e. The molecule has 124 valence electrons. The van der Waals surface area contributed by atoms with Gasteiger partial charge in [-0.2, -0.15) is 0 Å². The molecule has 0 bridgehead atoms. The number of hydrogen-bond donors (Lipinski definition) is 2. The van der Waals surface area contributed by atoms with Gasteiger partial charge in [-0.1, -0.05) is 0 Å². The van der Waals surface area contributed by atoms with Crippen molar-refractivity contribution in [1.82, 2.24) is 14.9 Å². The van der Waals surface area contributed by atoms with Gasteiger partial charge in [0.1, 0.15) is 5.82 Å². The quantitative estimate of drug-likeness (QED) is 0.838. The van der Waals surface area contributed by atoms with Gasteiger partial charge in [0.05, 0.1) is 30.4 Å². The number of rotatable bonds is 5. The van der Waals surface area contributed by atoms with Gasteiger partial charge in [0.15, 0.2) is 0 Å². The molecular weight excluding hydrogens is 299 g/mol. The molecule has 2 aromatic rings. The van der Waals surface area contributed by atoms with E-state index in [0.29, 0.717) is 48.5 Å². The molecule has 0 spiro atoms. The predicted octanol–water partition coefficient (Wildman–Crippen LogP) is 0.571. The number of aliphatic hydroxyl groups excluding tert-OH is 1. The van der Waals surface area contributed by atoms with Crippen LogP contribution in [0.25, 0.3) is 11.0 Å². The van der Waals surface area contributed by atoms with Crippen molar-refractivity contribution in [2.45, 2.75) is 12.5 Å². The summed E-state index contributed by atoms with van der Waals surface area (Å²) < 4.78 is 19.3. The summed E-state index contributed by atoms with van der Waals surface area (Å²) >= 11 is 0. The number of pyridine rings is 2. The van der Waals surface area contributed by atoms with Crippen molar-refractivity contribution in [3.8, 4) is 5.88 Å². The summed E-state index contributed by atoms with van der Waals surface area (Å²) in [6, 6.07) is 3.48. The molecule has 0 aromatic carbocycles. The van der Waals surface area contributed by atoms with Crippen LogP contribution in [-0.4, -0.2) is 59.4 Å². The lowest BCUT2D eigenvalue weighted by molar-refractivity contribution is 0.144. The smallest absolute Gasteiger partial charge is 0.213 e. The third-order valence-electron chi connectivity index (χ3n) is 4.41. The topological polar surface area (TPSA) is 84.5 Å². The van der Waals surface area contributed by atoms with E-state index in [4.69, 9.17) is 10.5 Å². The number of nitrogens with zero attached hydrogens (tertiary/aromatic N) is 3. The second-order valence-electron chi connectivity index (χ2n) is 5.88. The first kappa shape index (κ1) is 16.0. The Kier molecular flexibility index (Phi) is 4.70. The second-order valence-corrected chi connectivity index (χ2v) is 5.88. The average Bonchev–Trinajstić information content (AvgIpc) is 2.93. The van der Waals surface area contributed by atoms with E-state index in [1.165, 1.54) is 13.3 Å². The molecule has 6 nitrogen and oxygen atoms in total. The Morgan fingerprint density at radius 1 is 1.43 bits per heavy atom. The zero-order valence-corrected chi connectivity index (χ0v) is 13.1. The number of methoxy groups -OCH3 is 1. The van der Waals surface area contributed by atoms with Crippen molar-refractivity contribution in [2.24, 2.45) is 11.7 Å². The van der Waals surface area contributed by atoms with Crippen LogP contribution in [0.15, 0.2) is 18.3 Å². The summed E-state index contributed by atoms with van der Waals surface area (Å²) in [6.45, 7) is 2.41. The van der Waals surface area contributed by atoms with Gasteiger partial charge >= 0.3 is 0 Å². The van der Waals surface area contributed by atoms with Gasteiger partial charge in [0.2, 0.25) is 5.88 Å². The molecule has 23 heavy (non-hydrogen) atoms. The summed E-state index contributed by atoms with van der Waals surface area (Å²) in [5.41, 5.74) is 7.34. The number of aromatic nitrogens is 2. The van der Waals surface area contributed by atoms with Gasteiger partial charge in [-0.15, -0.1) is 0 Å². The summed E-state index contributed by atoms with van der Waals surface area (Å²) in [4.78, 5) is 10.5. The van der Waals surface area contributed by atoms with Crippen LogP contribution in [0.1, 0.15) is 5.56 Å². The van der Waals surface area contributed by atoms with E-state index in [2.05, 4.69) is 14.9 Å². The molecule has 0 radical (unpaired) electrons. The lowest BCUT2D eigenvalue weighted by atomic mass is 10.1. The molecular formula is C16H21FN4O2. The van der Waals surface area contributed by atoms with Crippen LogP contribution in [0.5, 0.6) is 5.88 Å². The number of ether oxygens (including phenoxy) is 1. The summed E-state index contributed by atoms with van der Waals surface area (Å²) in [7, 11) is 1.53. The van der Waals surface area contributed by atoms with Crippen LogP contribution < -0.4 is 10.5 Å². The van der Waals surface area contributed by atoms with Crippen molar-refractivity contribution in [3.05, 3.63) is 29.7 Å². The minimum Gasteiger partial charge on any atom is -0.481 e. The highest BCUT2D eigenvalue weighted by Gasteiger charge is 2.30. The Hall–Kier alpha value is -1.83. The van der Waals surface area contributed by atoms with Crippen molar-refractivity contribution in [3.63, 3.8) is 0 Å². The molecule has 1 aliphatic rings. The number of halogens is 1. The summed E-state index contributed by atoms with van der Waals surface area (Å²) in [5, 5.41) is 9.92. The molecule has 1 aliphatic heterocycles. The van der Waals surface area contributed by atoms with E-state index >= 15 is 0 Å². The first-order valence-electron chi connectivity index (χ1n) is 7.71. The molecule has 0 aliphatic carbocycles. The van der Waals surface area contributed by atoms with Crippen LogP contribution in [0, 0.1) is 11.7 Å². The SMILES string of the molecule is COc1ccc2ncc(F)c(CCN3CC(O)C(CN)C3)c2n1. The molecule has 2 unspecified atom stereocenters. The van der Waals surface area contributed by atoms with E-state index in [9.17, 15) is 9.50 Å². The Bertz CT molecular complexity index is 697. The first-order chi connectivity index (χ1) is 11.1. The Morgan fingerprint density at radius 3 is 2.96 bits per heavy atom. The maximum atomic E-state index is 14.2. The Labute approximate surface area is 134 Å². The molecule has 7 heteroatoms. The second kappa shape index (κ2) is 6.74. The number of β-amino-alcohol motifs (C(OH)–C–C–N with tert-alkyl or cyclic N) is 1. The Morgan fingerprint density at radius 2 is 2.26 bits per heavy atom. The highest BCUT2D eigenvalue weighted by Crippen LogP contribution is 2.23. The first-order valence-corrected chi connectivity index (χ1v) is 7.71. The molecule has 2 aromatic heterocycles. The maximum absolute atomic E-state index is 14.2. The number of aliphatic hydroxyl groups is 1. The fourth-order valence-electron chi connectivity index (χ4n) is 3.05. The van der Waals surface area contributed by atoms with Crippen molar-refractivity contribution in [1.29, 1.82) is 0 Å². The number of nitrogens with two attached hydrogens (primary N) is 1. The van der Waals surface area contributed by atoms with E-state index in [-0.39, 0.29) is 11.7 Å². The third kappa shape index (κ3) is 3.26. The van der Waals surface area contributed by atoms with Crippen LogP contribution in [0.2, 0.25) is 0 Å². The van der Waals surface area contributed by atoms with Gasteiger partial charge in [0, 0.05) is 37.2 Å². The lowest BCUT2D eigenvalue weighted by Gasteiger charge is -2.16. The molecule has 3 N–H and O–H groups in total. The van der Waals surface area contributed by atoms with Crippen LogP contribution in [-0.2, 0) is 6.42 Å². The molecule has 1 saturated heterocycles. The van der Waals surface area contributed by atoms with Crippen LogP contribution in [0.3, 0.4) is 0 Å². The molecule has 3 rings (SSSR count). The lowest BCUT2D eigenvalue weighted by Crippen LogP contribution is -2.26. The van der Waals surface area contributed by atoms with E-state index in [1.54, 1.807) is 12.1 Å². The monoisotopic (exact) mass is 320 g/mol. The highest BCUT2D eigenvalue weighted by molar-refractivity contribution is 5.78. The summed E-state index contributed by atoms with van der Waals surface area (Å²) in [5.74, 6) is 0.159. The van der Waals surface area contributed by atoms with Crippen LogP contribution >= 0.6 is 0 Å². The third-order valence-corrected chi connectivity index (χ3v) is 4.41. The molecule has 3 heterocycles. The minimum atomic E-state index is -0.405. The zero-order chi connectivity index (χ0) is 16.4. The normalized spacial score (nSPS) is 21.9. The highest BCUT2D eigenvalue weighted by atomic mass is 19.1. The Balaban J connectivity index is 1.81. The van der Waals surface area contributed by atoms with Crippen molar-refractivity contribution >= 4 is 11.0 Å². The van der Waals surface area contributed by atoms with Gasteiger partial charge in [-0.25, -0.2) is 9.37 Å². The standard InChI is InChI=1S/C16H21FN4O2/c1-23-15-3-2-13-16(20-15)11(12(17)7-19-13)4-5-21-8-10(6-18)14(22)9-21/h2-3,7,10,14,22H,4-6,8-9,18H2,1H3. The largest absolute Gasteiger partial charge is 0.481 e. The fourth-order valence-corrected chi connectivity index (χ4v) is 3.05. The van der Waals surface area contributed by atoms with E-state index in [1.807, 2.05) is 0 Å². The molecule has 0 saturated carbocycles. The zero-order valence-electron chi connectivity index (χ0n) is 13.1. The molecule has 1 fully saturated rings. The number of hydrogen-bond acceptors (Lipinski definition) is 6. The molecule has 0 amide bonds. The fraction of sp³-hybridized carbons (Fsp3) is 0.500. The van der Waals surface area contributed by atoms with Gasteiger partial charge in [-0.05, 0) is 19.0 Å². The van der Waals surface area contributed by atoms with Crippen molar-refractivity contribution < 1.29 is 14.2 Å². The average molecular weight is 320 g/mol. The van der Waals surface area contributed by atoms with E-state index in [0.717, 1.165) is 6.54 Å². The number of likely N-dealkylation sites (tertiary alicyclic amines) is 1. The number of fused-ring (bicyclic) bond motifs is 1. The van der Waals surface area contributed by atoms with Crippen LogP contribution in [0.4, 0.5) is 4.39 Å². The van der Waals surface area contributed by atoms with Gasteiger partial charge < -0.3 is 20.5 Å². The van der Waals surface area contributed by atoms with Gasteiger partial charge in [-0.3, -0.25) is 4.98 Å². The van der Waals surface area contributed by atoms with Gasteiger partial charge in [0.25, 0.3) is 0 Å². The molecule has 2 atom stereocenters.